The molecule has 138 valence electrons. The second kappa shape index (κ2) is 7.86. The molecule has 0 bridgehead atoms. The molecule has 1 atom stereocenters. The summed E-state index contributed by atoms with van der Waals surface area (Å²) in [6, 6.07) is 13.1. The molecule has 1 heterocycles. The molecular weight excluding hydrogens is 356 g/mol. The number of carbonyl (C=O) groups is 1. The van der Waals surface area contributed by atoms with E-state index in [0.29, 0.717) is 30.3 Å². The van der Waals surface area contributed by atoms with E-state index in [1.165, 1.54) is 12.1 Å². The third-order valence-corrected chi connectivity index (χ3v) is 4.92. The molecule has 1 saturated heterocycles. The van der Waals surface area contributed by atoms with E-state index in [2.05, 4.69) is 10.6 Å². The lowest BCUT2D eigenvalue weighted by Crippen LogP contribution is -2.45. The first-order valence-corrected chi connectivity index (χ1v) is 10.0. The Labute approximate surface area is 152 Å². The summed E-state index contributed by atoms with van der Waals surface area (Å²) < 4.78 is 34.3. The summed E-state index contributed by atoms with van der Waals surface area (Å²) in [5, 5.41) is 5.90. The first-order chi connectivity index (χ1) is 12.4. The van der Waals surface area contributed by atoms with Crippen molar-refractivity contribution in [3.63, 3.8) is 0 Å². The molecule has 26 heavy (non-hydrogen) atoms. The number of carbonyl (C=O) groups excluding carboxylic acids is 1. The Bertz CT molecular complexity index is 875. The van der Waals surface area contributed by atoms with Crippen LogP contribution in [-0.4, -0.2) is 46.4 Å². The fourth-order valence-corrected chi connectivity index (χ4v) is 3.12. The molecule has 2 aromatic carbocycles. The van der Waals surface area contributed by atoms with Gasteiger partial charge in [-0.3, -0.25) is 4.79 Å². The van der Waals surface area contributed by atoms with Crippen molar-refractivity contribution in [2.75, 3.05) is 31.3 Å². The highest BCUT2D eigenvalue weighted by Gasteiger charge is 2.21. The zero-order chi connectivity index (χ0) is 18.6. The standard InChI is InChI=1S/C18H20N2O5S/c1-26(22,23)16-4-2-3-15(11-16)25-14-7-5-13(6-8-14)20-18(21)17-12-19-9-10-24-17/h2-8,11,17,19H,9-10,12H2,1H3,(H,20,21). The van der Waals surface area contributed by atoms with Crippen LogP contribution in [0.4, 0.5) is 5.69 Å². The summed E-state index contributed by atoms with van der Waals surface area (Å²) in [6.07, 6.45) is 0.646. The molecule has 0 saturated carbocycles. The van der Waals surface area contributed by atoms with Gasteiger partial charge >= 0.3 is 0 Å². The van der Waals surface area contributed by atoms with E-state index < -0.39 is 15.9 Å². The maximum Gasteiger partial charge on any atom is 0.254 e. The van der Waals surface area contributed by atoms with Crippen LogP contribution >= 0.6 is 0 Å². The Morgan fingerprint density at radius 3 is 2.62 bits per heavy atom. The minimum Gasteiger partial charge on any atom is -0.457 e. The molecule has 1 amide bonds. The maximum absolute atomic E-state index is 12.1. The molecule has 2 N–H and O–H groups in total. The van der Waals surface area contributed by atoms with Gasteiger partial charge in [-0.15, -0.1) is 0 Å². The quantitative estimate of drug-likeness (QED) is 0.827. The number of amides is 1. The molecule has 2 aromatic rings. The van der Waals surface area contributed by atoms with Crippen molar-refractivity contribution in [3.8, 4) is 11.5 Å². The van der Waals surface area contributed by atoms with Crippen LogP contribution in [-0.2, 0) is 19.4 Å². The van der Waals surface area contributed by atoms with E-state index in [1.54, 1.807) is 36.4 Å². The lowest BCUT2D eigenvalue weighted by Gasteiger charge is -2.22. The fraction of sp³-hybridized carbons (Fsp3) is 0.278. The number of anilines is 1. The summed E-state index contributed by atoms with van der Waals surface area (Å²) in [5.41, 5.74) is 0.626. The largest absolute Gasteiger partial charge is 0.457 e. The summed E-state index contributed by atoms with van der Waals surface area (Å²) in [4.78, 5) is 12.3. The van der Waals surface area contributed by atoms with Crippen LogP contribution in [0.3, 0.4) is 0 Å². The Hall–Kier alpha value is -2.42. The van der Waals surface area contributed by atoms with Gasteiger partial charge < -0.3 is 20.1 Å². The maximum atomic E-state index is 12.1. The van der Waals surface area contributed by atoms with Gasteiger partial charge in [0, 0.05) is 25.0 Å². The number of benzene rings is 2. The normalized spacial score (nSPS) is 17.5. The van der Waals surface area contributed by atoms with Crippen LogP contribution < -0.4 is 15.4 Å². The highest BCUT2D eigenvalue weighted by atomic mass is 32.2. The van der Waals surface area contributed by atoms with Gasteiger partial charge in [0.05, 0.1) is 11.5 Å². The number of sulfone groups is 1. The average molecular weight is 376 g/mol. The minimum absolute atomic E-state index is 0.194. The molecule has 0 aliphatic carbocycles. The van der Waals surface area contributed by atoms with Crippen molar-refractivity contribution >= 4 is 21.4 Å². The van der Waals surface area contributed by atoms with E-state index in [4.69, 9.17) is 9.47 Å². The number of rotatable bonds is 5. The lowest BCUT2D eigenvalue weighted by molar-refractivity contribution is -0.128. The fourth-order valence-electron chi connectivity index (χ4n) is 2.47. The molecule has 0 spiro atoms. The summed E-state index contributed by atoms with van der Waals surface area (Å²) in [5.74, 6) is 0.752. The van der Waals surface area contributed by atoms with Crippen molar-refractivity contribution < 1.29 is 22.7 Å². The van der Waals surface area contributed by atoms with Gasteiger partial charge in [-0.25, -0.2) is 8.42 Å². The topological polar surface area (TPSA) is 93.7 Å². The molecule has 8 heteroatoms. The second-order valence-corrected chi connectivity index (χ2v) is 7.94. The second-order valence-electron chi connectivity index (χ2n) is 5.93. The average Bonchev–Trinajstić information content (AvgIpc) is 2.63. The van der Waals surface area contributed by atoms with Gasteiger partial charge in [0.2, 0.25) is 0 Å². The predicted octanol–water partition coefficient (Wildman–Crippen LogP) is 1.81. The van der Waals surface area contributed by atoms with Crippen LogP contribution in [0.2, 0.25) is 0 Å². The SMILES string of the molecule is CS(=O)(=O)c1cccc(Oc2ccc(NC(=O)C3CNCCO3)cc2)c1. The van der Waals surface area contributed by atoms with E-state index in [1.807, 2.05) is 0 Å². The monoisotopic (exact) mass is 376 g/mol. The summed E-state index contributed by atoms with van der Waals surface area (Å²) >= 11 is 0. The lowest BCUT2D eigenvalue weighted by atomic mass is 10.2. The van der Waals surface area contributed by atoms with Crippen molar-refractivity contribution in [1.82, 2.24) is 5.32 Å². The van der Waals surface area contributed by atoms with Gasteiger partial charge in [0.15, 0.2) is 9.84 Å². The summed E-state index contributed by atoms with van der Waals surface area (Å²) in [7, 11) is -3.29. The molecule has 3 rings (SSSR count). The van der Waals surface area contributed by atoms with Gasteiger partial charge in [-0.05, 0) is 42.5 Å². The summed E-state index contributed by atoms with van der Waals surface area (Å²) in [6.45, 7) is 1.75. The van der Waals surface area contributed by atoms with Gasteiger partial charge in [0.25, 0.3) is 5.91 Å². The smallest absolute Gasteiger partial charge is 0.254 e. The Morgan fingerprint density at radius 1 is 1.19 bits per heavy atom. The van der Waals surface area contributed by atoms with Crippen molar-refractivity contribution in [1.29, 1.82) is 0 Å². The number of hydrogen-bond acceptors (Lipinski definition) is 6. The number of nitrogens with one attached hydrogen (secondary N) is 2. The first-order valence-electron chi connectivity index (χ1n) is 8.13. The third-order valence-electron chi connectivity index (χ3n) is 3.81. The van der Waals surface area contributed by atoms with E-state index >= 15 is 0 Å². The molecule has 1 aliphatic rings. The third kappa shape index (κ3) is 4.81. The van der Waals surface area contributed by atoms with E-state index in [0.717, 1.165) is 12.8 Å². The Balaban J connectivity index is 1.63. The molecule has 0 aromatic heterocycles. The zero-order valence-electron chi connectivity index (χ0n) is 14.3. The van der Waals surface area contributed by atoms with Crippen molar-refractivity contribution in [2.24, 2.45) is 0 Å². The molecule has 1 unspecified atom stereocenters. The van der Waals surface area contributed by atoms with Crippen LogP contribution in [0, 0.1) is 0 Å². The first kappa shape index (κ1) is 18.4. The Morgan fingerprint density at radius 2 is 1.96 bits per heavy atom. The molecule has 0 radical (unpaired) electrons. The zero-order valence-corrected chi connectivity index (χ0v) is 15.1. The molecule has 1 fully saturated rings. The minimum atomic E-state index is -3.29. The predicted molar refractivity (Wildman–Crippen MR) is 97.3 cm³/mol. The van der Waals surface area contributed by atoms with E-state index in [9.17, 15) is 13.2 Å². The highest BCUT2D eigenvalue weighted by molar-refractivity contribution is 7.90. The molecular formula is C18H20N2O5S. The van der Waals surface area contributed by atoms with Crippen LogP contribution in [0.25, 0.3) is 0 Å². The van der Waals surface area contributed by atoms with E-state index in [-0.39, 0.29) is 10.8 Å². The van der Waals surface area contributed by atoms with Crippen LogP contribution in [0.15, 0.2) is 53.4 Å². The number of ether oxygens (including phenoxy) is 2. The van der Waals surface area contributed by atoms with Crippen LogP contribution in [0.5, 0.6) is 11.5 Å². The van der Waals surface area contributed by atoms with Crippen molar-refractivity contribution in [2.45, 2.75) is 11.0 Å². The number of morpholine rings is 1. The highest BCUT2D eigenvalue weighted by Crippen LogP contribution is 2.25. The van der Waals surface area contributed by atoms with Gasteiger partial charge in [0.1, 0.15) is 17.6 Å². The molecule has 7 nitrogen and oxygen atoms in total. The van der Waals surface area contributed by atoms with Crippen LogP contribution in [0.1, 0.15) is 0 Å². The van der Waals surface area contributed by atoms with Crippen molar-refractivity contribution in [3.05, 3.63) is 48.5 Å². The van der Waals surface area contributed by atoms with Gasteiger partial charge in [-0.1, -0.05) is 6.07 Å². The Kier molecular flexibility index (Phi) is 5.55. The number of hydrogen-bond donors (Lipinski definition) is 2. The van der Waals surface area contributed by atoms with Gasteiger partial charge in [-0.2, -0.15) is 0 Å². The molecule has 1 aliphatic heterocycles.